The second-order valence-electron chi connectivity index (χ2n) is 3.62. The molecule has 0 radical (unpaired) electrons. The van der Waals surface area contributed by atoms with E-state index in [-0.39, 0.29) is 5.54 Å². The molecule has 0 bridgehead atoms. The molecule has 6 heteroatoms. The van der Waals surface area contributed by atoms with E-state index in [4.69, 9.17) is 0 Å². The van der Waals surface area contributed by atoms with Crippen molar-refractivity contribution in [2.24, 2.45) is 0 Å². The van der Waals surface area contributed by atoms with E-state index in [9.17, 15) is 8.42 Å². The normalized spacial score (nSPS) is 22.9. The largest absolute Gasteiger partial charge is 0.317 e. The lowest BCUT2D eigenvalue weighted by molar-refractivity contribution is 0.307. The molecule has 0 aliphatic carbocycles. The predicted octanol–water partition coefficient (Wildman–Crippen LogP) is -0.818. The van der Waals surface area contributed by atoms with Crippen molar-refractivity contribution in [2.45, 2.75) is 25.3 Å². The zero-order valence-corrected chi connectivity index (χ0v) is 8.87. The quantitative estimate of drug-likeness (QED) is 0.566. The Morgan fingerprint density at radius 2 is 1.85 bits per heavy atom. The third kappa shape index (κ3) is 3.22. The Morgan fingerprint density at radius 1 is 1.31 bits per heavy atom. The van der Waals surface area contributed by atoms with Gasteiger partial charge in [0.15, 0.2) is 0 Å². The van der Waals surface area contributed by atoms with Gasteiger partial charge < -0.3 is 5.32 Å². The Labute approximate surface area is 79.5 Å². The maximum absolute atomic E-state index is 11.2. The van der Waals surface area contributed by atoms with E-state index in [1.54, 1.807) is 0 Å². The summed E-state index contributed by atoms with van der Waals surface area (Å²) in [5.74, 6) is 0. The minimum atomic E-state index is -3.31. The van der Waals surface area contributed by atoms with Crippen molar-refractivity contribution >= 4 is 10.2 Å². The average molecular weight is 207 g/mol. The molecule has 1 saturated heterocycles. The minimum absolute atomic E-state index is 0.299. The van der Waals surface area contributed by atoms with Crippen LogP contribution >= 0.6 is 0 Å². The van der Waals surface area contributed by atoms with Crippen LogP contribution in [0.1, 0.15) is 19.8 Å². The van der Waals surface area contributed by atoms with Crippen molar-refractivity contribution in [3.8, 4) is 0 Å². The topological polar surface area (TPSA) is 70.2 Å². The van der Waals surface area contributed by atoms with Crippen LogP contribution in [0, 0.1) is 0 Å². The van der Waals surface area contributed by atoms with Crippen LogP contribution in [-0.4, -0.2) is 34.1 Å². The van der Waals surface area contributed by atoms with Gasteiger partial charge in [-0.25, -0.2) is 4.72 Å². The van der Waals surface area contributed by atoms with Crippen LogP contribution < -0.4 is 14.8 Å². The number of nitrogens with one attached hydrogen (secondary N) is 3. The molecule has 3 N–H and O–H groups in total. The fraction of sp³-hybridized carbons (Fsp3) is 1.00. The molecule has 1 fully saturated rings. The molecule has 1 rings (SSSR count). The molecule has 1 aliphatic rings. The van der Waals surface area contributed by atoms with E-state index in [0.29, 0.717) is 0 Å². The predicted molar refractivity (Wildman–Crippen MR) is 51.6 cm³/mol. The smallest absolute Gasteiger partial charge is 0.277 e. The minimum Gasteiger partial charge on any atom is -0.317 e. The summed E-state index contributed by atoms with van der Waals surface area (Å²) in [5, 5.41) is 3.19. The molecule has 0 spiro atoms. The van der Waals surface area contributed by atoms with Crippen molar-refractivity contribution in [3.05, 3.63) is 0 Å². The number of hydrogen-bond acceptors (Lipinski definition) is 3. The monoisotopic (exact) mass is 207 g/mol. The molecule has 1 heterocycles. The van der Waals surface area contributed by atoms with Gasteiger partial charge in [-0.3, -0.25) is 0 Å². The molecule has 0 amide bonds. The Morgan fingerprint density at radius 3 is 2.31 bits per heavy atom. The summed E-state index contributed by atoms with van der Waals surface area (Å²) < 4.78 is 27.4. The highest BCUT2D eigenvalue weighted by atomic mass is 32.2. The van der Waals surface area contributed by atoms with Gasteiger partial charge in [-0.2, -0.15) is 13.1 Å². The van der Waals surface area contributed by atoms with Crippen LogP contribution in [0.25, 0.3) is 0 Å². The molecule has 0 atom stereocenters. The van der Waals surface area contributed by atoms with Crippen molar-refractivity contribution in [1.82, 2.24) is 14.8 Å². The zero-order chi connectivity index (χ0) is 9.95. The first-order valence-electron chi connectivity index (χ1n) is 4.41. The molecule has 13 heavy (non-hydrogen) atoms. The van der Waals surface area contributed by atoms with Crippen LogP contribution in [0.15, 0.2) is 0 Å². The molecule has 0 aromatic rings. The molecule has 78 valence electrons. The Kier molecular flexibility index (Phi) is 3.28. The lowest BCUT2D eigenvalue weighted by atomic mass is 9.92. The van der Waals surface area contributed by atoms with E-state index in [1.807, 2.05) is 6.92 Å². The number of hydrogen-bond donors (Lipinski definition) is 3. The molecule has 0 aromatic carbocycles. The molecule has 0 unspecified atom stereocenters. The first-order valence-corrected chi connectivity index (χ1v) is 5.89. The Bertz CT molecular complexity index is 257. The fourth-order valence-corrected chi connectivity index (χ4v) is 2.41. The van der Waals surface area contributed by atoms with Gasteiger partial charge in [0.25, 0.3) is 10.2 Å². The van der Waals surface area contributed by atoms with Gasteiger partial charge in [0.2, 0.25) is 0 Å². The Hall–Kier alpha value is -0.170. The first-order chi connectivity index (χ1) is 5.97. The summed E-state index contributed by atoms with van der Waals surface area (Å²) >= 11 is 0. The van der Waals surface area contributed by atoms with E-state index < -0.39 is 10.2 Å². The standard InChI is InChI=1S/C7H17N3O2S/c1-7(3-5-9-6-4-7)10-13(11,12)8-2/h8-10H,3-6H2,1-2H3. The number of rotatable bonds is 3. The van der Waals surface area contributed by atoms with Crippen LogP contribution in [0.4, 0.5) is 0 Å². The van der Waals surface area contributed by atoms with Crippen molar-refractivity contribution in [1.29, 1.82) is 0 Å². The molecular formula is C7H17N3O2S. The first kappa shape index (κ1) is 10.9. The lowest BCUT2D eigenvalue weighted by Gasteiger charge is -2.34. The second kappa shape index (κ2) is 3.91. The van der Waals surface area contributed by atoms with E-state index in [0.717, 1.165) is 25.9 Å². The summed E-state index contributed by atoms with van der Waals surface area (Å²) in [5.41, 5.74) is -0.299. The SMILES string of the molecule is CNS(=O)(=O)NC1(C)CCNCC1. The Balaban J connectivity index is 2.60. The molecule has 0 aromatic heterocycles. The maximum atomic E-state index is 11.2. The van der Waals surface area contributed by atoms with Crippen LogP contribution in [-0.2, 0) is 10.2 Å². The highest BCUT2D eigenvalue weighted by molar-refractivity contribution is 7.87. The summed E-state index contributed by atoms with van der Waals surface area (Å²) in [6.45, 7) is 3.66. The highest BCUT2D eigenvalue weighted by Crippen LogP contribution is 2.17. The van der Waals surface area contributed by atoms with E-state index in [2.05, 4.69) is 14.8 Å². The van der Waals surface area contributed by atoms with Crippen molar-refractivity contribution in [3.63, 3.8) is 0 Å². The zero-order valence-electron chi connectivity index (χ0n) is 8.05. The summed E-state index contributed by atoms with van der Waals surface area (Å²) in [6.07, 6.45) is 1.65. The van der Waals surface area contributed by atoms with Gasteiger partial charge in [0.05, 0.1) is 0 Å². The van der Waals surface area contributed by atoms with Gasteiger partial charge in [-0.15, -0.1) is 0 Å². The van der Waals surface area contributed by atoms with Gasteiger partial charge >= 0.3 is 0 Å². The third-order valence-corrected chi connectivity index (χ3v) is 3.66. The summed E-state index contributed by atoms with van der Waals surface area (Å²) in [6, 6.07) is 0. The van der Waals surface area contributed by atoms with Crippen LogP contribution in [0.3, 0.4) is 0 Å². The highest BCUT2D eigenvalue weighted by Gasteiger charge is 2.30. The van der Waals surface area contributed by atoms with Gasteiger partial charge in [-0.05, 0) is 32.9 Å². The summed E-state index contributed by atoms with van der Waals surface area (Å²) in [4.78, 5) is 0. The third-order valence-electron chi connectivity index (χ3n) is 2.36. The molecule has 1 aliphatic heterocycles. The van der Waals surface area contributed by atoms with Crippen molar-refractivity contribution < 1.29 is 8.42 Å². The van der Waals surface area contributed by atoms with Gasteiger partial charge in [-0.1, -0.05) is 0 Å². The fourth-order valence-electron chi connectivity index (χ4n) is 1.46. The molecule has 5 nitrogen and oxygen atoms in total. The van der Waals surface area contributed by atoms with E-state index >= 15 is 0 Å². The average Bonchev–Trinajstić information content (AvgIpc) is 2.04. The lowest BCUT2D eigenvalue weighted by Crippen LogP contribution is -2.54. The van der Waals surface area contributed by atoms with Crippen molar-refractivity contribution in [2.75, 3.05) is 20.1 Å². The van der Waals surface area contributed by atoms with Gasteiger partial charge in [0.1, 0.15) is 0 Å². The molecule has 0 saturated carbocycles. The van der Waals surface area contributed by atoms with Crippen LogP contribution in [0.5, 0.6) is 0 Å². The van der Waals surface area contributed by atoms with E-state index in [1.165, 1.54) is 7.05 Å². The van der Waals surface area contributed by atoms with Crippen LogP contribution in [0.2, 0.25) is 0 Å². The van der Waals surface area contributed by atoms with Gasteiger partial charge in [0, 0.05) is 12.6 Å². The maximum Gasteiger partial charge on any atom is 0.277 e. The molecular weight excluding hydrogens is 190 g/mol. The number of piperidine rings is 1. The second-order valence-corrected chi connectivity index (χ2v) is 5.24. The summed E-state index contributed by atoms with van der Waals surface area (Å²) in [7, 11) is -1.90.